The highest BCUT2D eigenvalue weighted by molar-refractivity contribution is 7.10. The van der Waals surface area contributed by atoms with E-state index in [1.165, 1.54) is 10.4 Å². The Balaban J connectivity index is 0.000000845. The molecule has 5 heteroatoms. The van der Waals surface area contributed by atoms with Crippen LogP contribution in [-0.4, -0.2) is 17.1 Å². The maximum Gasteiger partial charge on any atom is 0.321 e. The van der Waals surface area contributed by atoms with Crippen LogP contribution in [0.2, 0.25) is 0 Å². The Bertz CT molecular complexity index is 313. The van der Waals surface area contributed by atoms with E-state index in [2.05, 4.69) is 5.32 Å². The van der Waals surface area contributed by atoms with Gasteiger partial charge in [-0.2, -0.15) is 0 Å². The molecule has 0 fully saturated rings. The Hall–Kier alpha value is -0.580. The van der Waals surface area contributed by atoms with Gasteiger partial charge in [0.2, 0.25) is 0 Å². The predicted octanol–water partition coefficient (Wildman–Crippen LogP) is 1.27. The summed E-state index contributed by atoms with van der Waals surface area (Å²) >= 11 is 1.64. The number of hydrogen-bond acceptors (Lipinski definition) is 3. The highest BCUT2D eigenvalue weighted by atomic mass is 35.5. The summed E-state index contributed by atoms with van der Waals surface area (Å²) in [4.78, 5) is 11.8. The molecule has 2 rings (SSSR count). The van der Waals surface area contributed by atoms with Crippen molar-refractivity contribution in [3.8, 4) is 0 Å². The van der Waals surface area contributed by atoms with E-state index < -0.39 is 12.0 Å². The number of carboxylic acids is 1. The number of hydrogen-bond donors (Lipinski definition) is 2. The molecular weight excluding hydrogens is 210 g/mol. The maximum absolute atomic E-state index is 10.6. The quantitative estimate of drug-likeness (QED) is 0.748. The van der Waals surface area contributed by atoms with Gasteiger partial charge in [-0.05, 0) is 17.0 Å². The van der Waals surface area contributed by atoms with Crippen molar-refractivity contribution in [3.05, 3.63) is 21.9 Å². The zero-order chi connectivity index (χ0) is 8.55. The van der Waals surface area contributed by atoms with Gasteiger partial charge in [0.25, 0.3) is 0 Å². The zero-order valence-corrected chi connectivity index (χ0v) is 8.45. The number of halogens is 1. The minimum absolute atomic E-state index is 0. The van der Waals surface area contributed by atoms with Gasteiger partial charge < -0.3 is 5.11 Å². The van der Waals surface area contributed by atoms with Crippen molar-refractivity contribution in [1.29, 1.82) is 0 Å². The summed E-state index contributed by atoms with van der Waals surface area (Å²) in [6.07, 6.45) is 0.627. The van der Waals surface area contributed by atoms with E-state index in [-0.39, 0.29) is 12.4 Å². The van der Waals surface area contributed by atoms with Crippen molar-refractivity contribution in [3.63, 3.8) is 0 Å². The second-order valence-electron chi connectivity index (χ2n) is 2.84. The normalized spacial score (nSPS) is 20.2. The molecular formula is C8H10ClNO2S. The smallest absolute Gasteiger partial charge is 0.321 e. The van der Waals surface area contributed by atoms with E-state index in [9.17, 15) is 4.79 Å². The molecule has 0 aromatic carbocycles. The van der Waals surface area contributed by atoms with Gasteiger partial charge in [-0.15, -0.1) is 23.7 Å². The standard InChI is InChI=1S/C8H9NO2S.ClH/c10-8(11)6-3-7-5(4-9-6)1-2-12-7;/h1-2,6,9H,3-4H2,(H,10,11);1H. The van der Waals surface area contributed by atoms with Crippen molar-refractivity contribution in [1.82, 2.24) is 5.32 Å². The summed E-state index contributed by atoms with van der Waals surface area (Å²) in [5.41, 5.74) is 1.25. The molecule has 1 aliphatic heterocycles. The van der Waals surface area contributed by atoms with Gasteiger partial charge in [0, 0.05) is 17.8 Å². The molecule has 1 aromatic heterocycles. The van der Waals surface area contributed by atoms with Gasteiger partial charge in [0.1, 0.15) is 6.04 Å². The van der Waals surface area contributed by atoms with Crippen molar-refractivity contribution in [2.75, 3.05) is 0 Å². The highest BCUT2D eigenvalue weighted by Gasteiger charge is 2.23. The number of nitrogens with one attached hydrogen (secondary N) is 1. The number of thiophene rings is 1. The molecule has 0 spiro atoms. The van der Waals surface area contributed by atoms with Crippen LogP contribution in [0.4, 0.5) is 0 Å². The molecule has 0 amide bonds. The van der Waals surface area contributed by atoms with Crippen LogP contribution in [0.1, 0.15) is 10.4 Å². The fraction of sp³-hybridized carbons (Fsp3) is 0.375. The lowest BCUT2D eigenvalue weighted by Gasteiger charge is -2.19. The molecule has 3 nitrogen and oxygen atoms in total. The molecule has 13 heavy (non-hydrogen) atoms. The summed E-state index contributed by atoms with van der Waals surface area (Å²) < 4.78 is 0. The molecule has 0 bridgehead atoms. The molecule has 1 atom stereocenters. The van der Waals surface area contributed by atoms with Crippen molar-refractivity contribution in [2.45, 2.75) is 19.0 Å². The summed E-state index contributed by atoms with van der Waals surface area (Å²) in [6, 6.07) is 1.65. The molecule has 1 aliphatic rings. The molecule has 2 N–H and O–H groups in total. The van der Waals surface area contributed by atoms with Crippen LogP contribution < -0.4 is 5.32 Å². The van der Waals surface area contributed by atoms with Crippen molar-refractivity contribution >= 4 is 29.7 Å². The summed E-state index contributed by atoms with van der Waals surface area (Å²) in [7, 11) is 0. The third-order valence-electron chi connectivity index (χ3n) is 2.06. The second-order valence-corrected chi connectivity index (χ2v) is 3.85. The van der Waals surface area contributed by atoms with Crippen LogP contribution in [0.3, 0.4) is 0 Å². The first-order valence-corrected chi connectivity index (χ1v) is 4.67. The molecule has 0 aliphatic carbocycles. The largest absolute Gasteiger partial charge is 0.480 e. The number of aliphatic carboxylic acids is 1. The Kier molecular flexibility index (Phi) is 3.30. The van der Waals surface area contributed by atoms with Gasteiger partial charge in [-0.25, -0.2) is 0 Å². The molecule has 0 saturated carbocycles. The predicted molar refractivity (Wildman–Crippen MR) is 53.5 cm³/mol. The third kappa shape index (κ3) is 2.02. The van der Waals surface area contributed by atoms with Gasteiger partial charge in [-0.1, -0.05) is 0 Å². The Morgan fingerprint density at radius 3 is 3.15 bits per heavy atom. The maximum atomic E-state index is 10.6. The number of carbonyl (C=O) groups is 1. The fourth-order valence-corrected chi connectivity index (χ4v) is 2.32. The first-order chi connectivity index (χ1) is 5.77. The fourth-order valence-electron chi connectivity index (χ4n) is 1.37. The van der Waals surface area contributed by atoms with E-state index in [0.29, 0.717) is 13.0 Å². The lowest BCUT2D eigenvalue weighted by molar-refractivity contribution is -0.139. The Morgan fingerprint density at radius 2 is 2.46 bits per heavy atom. The van der Waals surface area contributed by atoms with E-state index in [4.69, 9.17) is 5.11 Å². The van der Waals surface area contributed by atoms with Crippen molar-refractivity contribution < 1.29 is 9.90 Å². The minimum Gasteiger partial charge on any atom is -0.480 e. The summed E-state index contributed by atoms with van der Waals surface area (Å²) in [5.74, 6) is -0.756. The highest BCUT2D eigenvalue weighted by Crippen LogP contribution is 2.22. The van der Waals surface area contributed by atoms with Gasteiger partial charge in [-0.3, -0.25) is 10.1 Å². The van der Waals surface area contributed by atoms with E-state index >= 15 is 0 Å². The van der Waals surface area contributed by atoms with Crippen LogP contribution in [-0.2, 0) is 17.8 Å². The second kappa shape index (κ2) is 4.09. The lowest BCUT2D eigenvalue weighted by atomic mass is 10.1. The number of rotatable bonds is 1. The van der Waals surface area contributed by atoms with Gasteiger partial charge in [0.15, 0.2) is 0 Å². The third-order valence-corrected chi connectivity index (χ3v) is 3.05. The topological polar surface area (TPSA) is 49.3 Å². The summed E-state index contributed by atoms with van der Waals surface area (Å²) in [5, 5.41) is 13.7. The van der Waals surface area contributed by atoms with Crippen LogP contribution in [0.5, 0.6) is 0 Å². The Labute approximate surface area is 86.2 Å². The van der Waals surface area contributed by atoms with Crippen LogP contribution in [0.25, 0.3) is 0 Å². The molecule has 0 saturated heterocycles. The van der Waals surface area contributed by atoms with Gasteiger partial charge in [0.05, 0.1) is 0 Å². The molecule has 2 heterocycles. The first-order valence-electron chi connectivity index (χ1n) is 3.79. The lowest BCUT2D eigenvalue weighted by Crippen LogP contribution is -2.40. The van der Waals surface area contributed by atoms with Crippen molar-refractivity contribution in [2.24, 2.45) is 0 Å². The van der Waals surface area contributed by atoms with Crippen LogP contribution in [0, 0.1) is 0 Å². The average Bonchev–Trinajstić information content (AvgIpc) is 2.49. The number of carboxylic acid groups (broad SMARTS) is 1. The van der Waals surface area contributed by atoms with E-state index in [1.807, 2.05) is 11.4 Å². The van der Waals surface area contributed by atoms with Crippen LogP contribution >= 0.6 is 23.7 Å². The Morgan fingerprint density at radius 1 is 1.69 bits per heavy atom. The van der Waals surface area contributed by atoms with Gasteiger partial charge >= 0.3 is 5.97 Å². The van der Waals surface area contributed by atoms with Crippen LogP contribution in [0.15, 0.2) is 11.4 Å². The molecule has 0 radical (unpaired) electrons. The van der Waals surface area contributed by atoms with E-state index in [1.54, 1.807) is 11.3 Å². The average molecular weight is 220 g/mol. The SMILES string of the molecule is Cl.O=C(O)C1Cc2sccc2CN1. The molecule has 1 unspecified atom stereocenters. The molecule has 1 aromatic rings. The number of fused-ring (bicyclic) bond motifs is 1. The minimum atomic E-state index is -0.756. The monoisotopic (exact) mass is 219 g/mol. The first kappa shape index (κ1) is 10.5. The van der Waals surface area contributed by atoms with E-state index in [0.717, 1.165) is 0 Å². The summed E-state index contributed by atoms with van der Waals surface area (Å²) in [6.45, 7) is 0.690. The zero-order valence-electron chi connectivity index (χ0n) is 6.82. The molecule has 72 valence electrons.